The minimum atomic E-state index is -1.30. The standard InChI is InChI=1S/C16H20N2O5S.K/c1-16(2)12(15(22)23)18-13(24-16)11(14(20)21)17-10(19)8-9-6-4-3-5-7-9;/h3-7,11-13,18H,8H2,1-2H3,(H,17,19)(H,20,21)(H,22,23);/q;+1/p-1. The van der Waals surface area contributed by atoms with Gasteiger partial charge in [0.2, 0.25) is 5.91 Å². The van der Waals surface area contributed by atoms with Crippen molar-refractivity contribution in [2.75, 3.05) is 0 Å². The van der Waals surface area contributed by atoms with Crippen LogP contribution in [-0.2, 0) is 20.8 Å². The van der Waals surface area contributed by atoms with Gasteiger partial charge in [0.15, 0.2) is 6.04 Å². The first kappa shape index (κ1) is 22.6. The number of hydrogen-bond donors (Lipinski definition) is 3. The molecule has 130 valence electrons. The monoisotopic (exact) mass is 390 g/mol. The molecule has 1 aliphatic rings. The van der Waals surface area contributed by atoms with E-state index in [1.54, 1.807) is 38.1 Å². The molecule has 25 heavy (non-hydrogen) atoms. The van der Waals surface area contributed by atoms with E-state index in [9.17, 15) is 24.6 Å². The molecule has 1 amide bonds. The van der Waals surface area contributed by atoms with Gasteiger partial charge in [0.05, 0.1) is 23.8 Å². The molecule has 2 rings (SSSR count). The van der Waals surface area contributed by atoms with Crippen molar-refractivity contribution in [1.29, 1.82) is 0 Å². The second-order valence-corrected chi connectivity index (χ2v) is 7.90. The van der Waals surface area contributed by atoms with Gasteiger partial charge in [0.25, 0.3) is 0 Å². The minimum Gasteiger partial charge on any atom is -0.548 e. The number of amides is 1. The van der Waals surface area contributed by atoms with E-state index in [-0.39, 0.29) is 57.8 Å². The average Bonchev–Trinajstić information content (AvgIpc) is 2.81. The van der Waals surface area contributed by atoms with Crippen LogP contribution >= 0.6 is 11.8 Å². The number of thioether (sulfide) groups is 1. The summed E-state index contributed by atoms with van der Waals surface area (Å²) in [6, 6.07) is 6.70. The van der Waals surface area contributed by atoms with Gasteiger partial charge >= 0.3 is 57.4 Å². The average molecular weight is 391 g/mol. The van der Waals surface area contributed by atoms with Crippen LogP contribution in [0.25, 0.3) is 0 Å². The first-order valence-corrected chi connectivity index (χ1v) is 8.29. The molecule has 1 saturated heterocycles. The Labute approximate surface area is 192 Å². The molecule has 1 heterocycles. The molecule has 1 aliphatic heterocycles. The number of aliphatic carboxylic acids is 2. The second-order valence-electron chi connectivity index (χ2n) is 6.11. The van der Waals surface area contributed by atoms with Crippen molar-refractivity contribution in [3.8, 4) is 0 Å². The predicted octanol–water partition coefficient (Wildman–Crippen LogP) is -3.64. The quantitative estimate of drug-likeness (QED) is 0.429. The normalized spacial score (nSPS) is 22.5. The van der Waals surface area contributed by atoms with Crippen molar-refractivity contribution in [3.63, 3.8) is 0 Å². The fraction of sp³-hybridized carbons (Fsp3) is 0.438. The number of nitrogens with one attached hydrogen (secondary N) is 2. The maximum atomic E-state index is 12.1. The van der Waals surface area contributed by atoms with Gasteiger partial charge in [-0.2, -0.15) is 0 Å². The summed E-state index contributed by atoms with van der Waals surface area (Å²) in [5.74, 6) is -2.96. The Bertz CT molecular complexity index is 641. The molecule has 0 aliphatic carbocycles. The number of carbonyl (C=O) groups excluding carboxylic acids is 2. The summed E-state index contributed by atoms with van der Waals surface area (Å²) >= 11 is 1.16. The topological polar surface area (TPSA) is 119 Å². The molecular weight excluding hydrogens is 371 g/mol. The predicted molar refractivity (Wildman–Crippen MR) is 87.1 cm³/mol. The van der Waals surface area contributed by atoms with Crippen molar-refractivity contribution >= 4 is 29.6 Å². The number of rotatable bonds is 6. The largest absolute Gasteiger partial charge is 1.00 e. The van der Waals surface area contributed by atoms with E-state index >= 15 is 0 Å². The first-order chi connectivity index (χ1) is 11.2. The molecule has 7 nitrogen and oxygen atoms in total. The van der Waals surface area contributed by atoms with Crippen LogP contribution in [0.2, 0.25) is 0 Å². The fourth-order valence-corrected chi connectivity index (χ4v) is 4.06. The van der Waals surface area contributed by atoms with Crippen LogP contribution < -0.4 is 67.1 Å². The van der Waals surface area contributed by atoms with E-state index in [4.69, 9.17) is 0 Å². The van der Waals surface area contributed by atoms with E-state index < -0.39 is 40.1 Å². The van der Waals surface area contributed by atoms with Gasteiger partial charge in [0, 0.05) is 4.75 Å². The summed E-state index contributed by atoms with van der Waals surface area (Å²) in [6.45, 7) is 3.38. The minimum absolute atomic E-state index is 0. The van der Waals surface area contributed by atoms with E-state index in [2.05, 4.69) is 10.6 Å². The van der Waals surface area contributed by atoms with E-state index in [1.807, 2.05) is 6.07 Å². The molecule has 0 radical (unpaired) electrons. The summed E-state index contributed by atoms with van der Waals surface area (Å²) in [5.41, 5.74) is 0.763. The molecule has 0 spiro atoms. The molecule has 0 bridgehead atoms. The van der Waals surface area contributed by atoms with Gasteiger partial charge in [-0.3, -0.25) is 10.1 Å². The van der Waals surface area contributed by atoms with Crippen molar-refractivity contribution < 1.29 is 76.0 Å². The van der Waals surface area contributed by atoms with Crippen LogP contribution in [0.1, 0.15) is 19.4 Å². The molecule has 9 heteroatoms. The van der Waals surface area contributed by atoms with Crippen LogP contribution in [0, 0.1) is 0 Å². The summed E-state index contributed by atoms with van der Waals surface area (Å²) in [5, 5.41) is 25.1. The van der Waals surface area contributed by atoms with Gasteiger partial charge in [-0.05, 0) is 19.4 Å². The van der Waals surface area contributed by atoms with Gasteiger partial charge in [-0.15, -0.1) is 11.8 Å². The Morgan fingerprint density at radius 1 is 1.32 bits per heavy atom. The second kappa shape index (κ2) is 9.49. The number of carbonyl (C=O) groups is 3. The van der Waals surface area contributed by atoms with Crippen LogP contribution in [0.5, 0.6) is 0 Å². The van der Waals surface area contributed by atoms with Crippen LogP contribution in [0.15, 0.2) is 30.3 Å². The number of carboxylic acid groups (broad SMARTS) is 2. The third-order valence-electron chi connectivity index (χ3n) is 3.79. The zero-order chi connectivity index (χ0) is 17.9. The molecule has 0 saturated carbocycles. The number of hydrogen-bond acceptors (Lipinski definition) is 6. The van der Waals surface area contributed by atoms with E-state index in [1.165, 1.54) is 0 Å². The third kappa shape index (κ3) is 6.05. The summed E-state index contributed by atoms with van der Waals surface area (Å²) in [4.78, 5) is 34.8. The van der Waals surface area contributed by atoms with Gasteiger partial charge in [0.1, 0.15) is 0 Å². The van der Waals surface area contributed by atoms with Gasteiger partial charge in [-0.25, -0.2) is 4.79 Å². The van der Waals surface area contributed by atoms with Crippen LogP contribution in [-0.4, -0.2) is 45.2 Å². The molecule has 1 aromatic carbocycles. The maximum Gasteiger partial charge on any atom is 1.00 e. The Balaban J connectivity index is 0.00000312. The molecule has 0 aromatic heterocycles. The molecule has 1 fully saturated rings. The number of carboxylic acids is 2. The smallest absolute Gasteiger partial charge is 0.548 e. The zero-order valence-electron chi connectivity index (χ0n) is 14.3. The third-order valence-corrected chi connectivity index (χ3v) is 5.29. The van der Waals surface area contributed by atoms with E-state index in [0.29, 0.717) is 0 Å². The Kier molecular flexibility index (Phi) is 8.59. The zero-order valence-corrected chi connectivity index (χ0v) is 18.3. The maximum absolute atomic E-state index is 12.1. The molecule has 1 aromatic rings. The number of benzene rings is 1. The first-order valence-electron chi connectivity index (χ1n) is 7.41. The fourth-order valence-electron chi connectivity index (χ4n) is 2.58. The molecule has 3 atom stereocenters. The van der Waals surface area contributed by atoms with Crippen LogP contribution in [0.4, 0.5) is 0 Å². The van der Waals surface area contributed by atoms with Crippen molar-refractivity contribution in [2.45, 2.75) is 42.5 Å². The Hall–Kier alpha value is -0.424. The summed E-state index contributed by atoms with van der Waals surface area (Å²) < 4.78 is -0.749. The van der Waals surface area contributed by atoms with Crippen molar-refractivity contribution in [3.05, 3.63) is 35.9 Å². The molecule has 3 N–H and O–H groups in total. The SMILES string of the molecule is CC1(C)SC(C(NC(=O)Cc2ccccc2)C(=O)O)NC1C(=O)[O-].[K+]. The van der Waals surface area contributed by atoms with E-state index in [0.717, 1.165) is 17.3 Å². The molecular formula is C16H19KN2O5S. The van der Waals surface area contributed by atoms with Gasteiger partial charge in [-0.1, -0.05) is 30.3 Å². The molecule has 3 unspecified atom stereocenters. The summed E-state index contributed by atoms with van der Waals surface area (Å²) in [7, 11) is 0. The van der Waals surface area contributed by atoms with Gasteiger partial charge < -0.3 is 20.3 Å². The summed E-state index contributed by atoms with van der Waals surface area (Å²) in [6.07, 6.45) is 0.0509. The Morgan fingerprint density at radius 2 is 1.92 bits per heavy atom. The van der Waals surface area contributed by atoms with Crippen LogP contribution in [0.3, 0.4) is 0 Å². The Morgan fingerprint density at radius 3 is 2.40 bits per heavy atom. The van der Waals surface area contributed by atoms with Crippen molar-refractivity contribution in [2.24, 2.45) is 0 Å². The van der Waals surface area contributed by atoms with Crippen molar-refractivity contribution in [1.82, 2.24) is 10.6 Å².